The van der Waals surface area contributed by atoms with Crippen LogP contribution >= 0.6 is 0 Å². The van der Waals surface area contributed by atoms with Crippen LogP contribution in [-0.4, -0.2) is 7.11 Å². The summed E-state index contributed by atoms with van der Waals surface area (Å²) >= 11 is 0. The molecule has 0 saturated heterocycles. The summed E-state index contributed by atoms with van der Waals surface area (Å²) in [5, 5.41) is 0. The molecule has 5 rings (SSSR count). The van der Waals surface area contributed by atoms with E-state index in [2.05, 4.69) is 106 Å². The maximum absolute atomic E-state index is 5.46. The lowest BCUT2D eigenvalue weighted by Gasteiger charge is -2.34. The number of ether oxygens (including phenoxy) is 1. The third-order valence-electron chi connectivity index (χ3n) is 6.46. The summed E-state index contributed by atoms with van der Waals surface area (Å²) in [7, 11) is 1.72. The van der Waals surface area contributed by atoms with Crippen LogP contribution in [0.3, 0.4) is 0 Å². The summed E-state index contributed by atoms with van der Waals surface area (Å²) in [5.74, 6) is 0.879. The van der Waals surface area contributed by atoms with Crippen molar-refractivity contribution in [1.82, 2.24) is 0 Å². The SMILES string of the molecule is COc1ccc(C2(c3ccc(C)cc3)c3cc(C)ccc3-c3ccc(C)cc32)cc1. The molecular formula is C29H26O. The molecule has 30 heavy (non-hydrogen) atoms. The lowest BCUT2D eigenvalue weighted by Crippen LogP contribution is -2.28. The van der Waals surface area contributed by atoms with Crippen LogP contribution in [0.5, 0.6) is 5.75 Å². The number of fused-ring (bicyclic) bond motifs is 3. The fourth-order valence-electron chi connectivity index (χ4n) is 4.98. The van der Waals surface area contributed by atoms with Gasteiger partial charge in [0, 0.05) is 0 Å². The highest BCUT2D eigenvalue weighted by atomic mass is 16.5. The average molecular weight is 391 g/mol. The molecule has 0 aliphatic heterocycles. The smallest absolute Gasteiger partial charge is 0.118 e. The Bertz CT molecular complexity index is 1180. The summed E-state index contributed by atoms with van der Waals surface area (Å²) in [6, 6.07) is 31.4. The minimum absolute atomic E-state index is 0.345. The third kappa shape index (κ3) is 2.62. The summed E-state index contributed by atoms with van der Waals surface area (Å²) in [6.07, 6.45) is 0. The molecular weight excluding hydrogens is 364 g/mol. The highest BCUT2D eigenvalue weighted by Gasteiger charge is 2.46. The standard InChI is InChI=1S/C29H26O/c1-19-5-9-22(10-6-19)29(23-11-13-24(30-4)14-12-23)27-17-20(2)7-15-25(27)26-16-8-21(3)18-28(26)29/h5-18H,1-4H3. The van der Waals surface area contributed by atoms with E-state index in [1.807, 2.05) is 0 Å². The Morgan fingerprint density at radius 3 is 1.43 bits per heavy atom. The average Bonchev–Trinajstić information content (AvgIpc) is 3.04. The summed E-state index contributed by atoms with van der Waals surface area (Å²) in [5.41, 5.74) is 11.4. The van der Waals surface area contributed by atoms with E-state index in [0.717, 1.165) is 5.75 Å². The second kappa shape index (κ2) is 6.88. The van der Waals surface area contributed by atoms with Gasteiger partial charge in [0.15, 0.2) is 0 Å². The van der Waals surface area contributed by atoms with Gasteiger partial charge in [0.05, 0.1) is 12.5 Å². The predicted molar refractivity (Wildman–Crippen MR) is 125 cm³/mol. The Kier molecular flexibility index (Phi) is 4.29. The number of methoxy groups -OCH3 is 1. The van der Waals surface area contributed by atoms with Crippen molar-refractivity contribution in [2.75, 3.05) is 7.11 Å². The van der Waals surface area contributed by atoms with E-state index in [1.54, 1.807) is 7.11 Å². The zero-order valence-corrected chi connectivity index (χ0v) is 18.0. The number of hydrogen-bond donors (Lipinski definition) is 0. The van der Waals surface area contributed by atoms with Crippen LogP contribution in [0, 0.1) is 20.8 Å². The minimum atomic E-state index is -0.345. The zero-order valence-electron chi connectivity index (χ0n) is 18.0. The molecule has 0 atom stereocenters. The summed E-state index contributed by atoms with van der Waals surface area (Å²) < 4.78 is 5.46. The van der Waals surface area contributed by atoms with Crippen LogP contribution in [-0.2, 0) is 5.41 Å². The highest BCUT2D eigenvalue weighted by molar-refractivity contribution is 5.86. The topological polar surface area (TPSA) is 9.23 Å². The molecule has 0 spiro atoms. The van der Waals surface area contributed by atoms with E-state index < -0.39 is 0 Å². The molecule has 0 amide bonds. The molecule has 1 heteroatoms. The van der Waals surface area contributed by atoms with Crippen LogP contribution in [0.25, 0.3) is 11.1 Å². The van der Waals surface area contributed by atoms with E-state index in [4.69, 9.17) is 4.74 Å². The van der Waals surface area contributed by atoms with Crippen molar-refractivity contribution in [3.05, 3.63) is 124 Å². The first-order valence-electron chi connectivity index (χ1n) is 10.5. The molecule has 148 valence electrons. The number of rotatable bonds is 3. The van der Waals surface area contributed by atoms with Gasteiger partial charge in [0.1, 0.15) is 5.75 Å². The van der Waals surface area contributed by atoms with Gasteiger partial charge in [0.25, 0.3) is 0 Å². The van der Waals surface area contributed by atoms with Crippen LogP contribution in [0.2, 0.25) is 0 Å². The molecule has 0 fully saturated rings. The van der Waals surface area contributed by atoms with Crippen LogP contribution < -0.4 is 4.74 Å². The van der Waals surface area contributed by atoms with Gasteiger partial charge in [-0.05, 0) is 66.3 Å². The van der Waals surface area contributed by atoms with E-state index in [0.29, 0.717) is 0 Å². The minimum Gasteiger partial charge on any atom is -0.497 e. The zero-order chi connectivity index (χ0) is 20.9. The van der Waals surface area contributed by atoms with Gasteiger partial charge in [-0.15, -0.1) is 0 Å². The molecule has 0 saturated carbocycles. The molecule has 1 aliphatic rings. The van der Waals surface area contributed by atoms with Crippen molar-refractivity contribution in [1.29, 1.82) is 0 Å². The quantitative estimate of drug-likeness (QED) is 0.323. The Morgan fingerprint density at radius 1 is 0.533 bits per heavy atom. The van der Waals surface area contributed by atoms with Crippen molar-refractivity contribution in [3.63, 3.8) is 0 Å². The first kappa shape index (κ1) is 18.7. The first-order chi connectivity index (χ1) is 14.5. The molecule has 0 aromatic heterocycles. The summed E-state index contributed by atoms with van der Waals surface area (Å²) in [4.78, 5) is 0. The molecule has 1 nitrogen and oxygen atoms in total. The van der Waals surface area contributed by atoms with Gasteiger partial charge in [-0.25, -0.2) is 0 Å². The molecule has 0 heterocycles. The first-order valence-corrected chi connectivity index (χ1v) is 10.5. The van der Waals surface area contributed by atoms with Gasteiger partial charge in [-0.2, -0.15) is 0 Å². The van der Waals surface area contributed by atoms with Crippen LogP contribution in [0.4, 0.5) is 0 Å². The summed E-state index contributed by atoms with van der Waals surface area (Å²) in [6.45, 7) is 6.51. The van der Waals surface area contributed by atoms with Gasteiger partial charge < -0.3 is 4.74 Å². The lowest BCUT2D eigenvalue weighted by atomic mass is 9.67. The number of hydrogen-bond acceptors (Lipinski definition) is 1. The monoisotopic (exact) mass is 390 g/mol. The Morgan fingerprint density at radius 2 is 0.967 bits per heavy atom. The van der Waals surface area contributed by atoms with Gasteiger partial charge in [-0.1, -0.05) is 89.5 Å². The van der Waals surface area contributed by atoms with Crippen molar-refractivity contribution >= 4 is 0 Å². The van der Waals surface area contributed by atoms with Crippen LogP contribution in [0.15, 0.2) is 84.9 Å². The Balaban J connectivity index is 1.94. The fraction of sp³-hybridized carbons (Fsp3) is 0.172. The predicted octanol–water partition coefficient (Wildman–Crippen LogP) is 6.98. The van der Waals surface area contributed by atoms with Crippen LogP contribution in [0.1, 0.15) is 38.9 Å². The molecule has 0 N–H and O–H groups in total. The second-order valence-electron chi connectivity index (χ2n) is 8.44. The largest absolute Gasteiger partial charge is 0.497 e. The highest BCUT2D eigenvalue weighted by Crippen LogP contribution is 2.56. The Hall–Kier alpha value is -3.32. The Labute approximate surface area is 179 Å². The molecule has 4 aromatic rings. The third-order valence-corrected chi connectivity index (χ3v) is 6.46. The number of benzene rings is 4. The molecule has 0 radical (unpaired) electrons. The van der Waals surface area contributed by atoms with Crippen molar-refractivity contribution in [2.45, 2.75) is 26.2 Å². The van der Waals surface area contributed by atoms with E-state index in [9.17, 15) is 0 Å². The number of aryl methyl sites for hydroxylation is 3. The molecule has 0 unspecified atom stereocenters. The molecule has 4 aromatic carbocycles. The maximum Gasteiger partial charge on any atom is 0.118 e. The van der Waals surface area contributed by atoms with Gasteiger partial charge in [0.2, 0.25) is 0 Å². The van der Waals surface area contributed by atoms with Gasteiger partial charge >= 0.3 is 0 Å². The van der Waals surface area contributed by atoms with E-state index in [1.165, 1.54) is 50.1 Å². The molecule has 0 bridgehead atoms. The van der Waals surface area contributed by atoms with E-state index >= 15 is 0 Å². The van der Waals surface area contributed by atoms with Crippen molar-refractivity contribution in [2.24, 2.45) is 0 Å². The fourth-order valence-corrected chi connectivity index (χ4v) is 4.98. The normalized spacial score (nSPS) is 13.6. The van der Waals surface area contributed by atoms with E-state index in [-0.39, 0.29) is 5.41 Å². The van der Waals surface area contributed by atoms with Crippen molar-refractivity contribution in [3.8, 4) is 16.9 Å². The van der Waals surface area contributed by atoms with Crippen molar-refractivity contribution < 1.29 is 4.74 Å². The lowest BCUT2D eigenvalue weighted by molar-refractivity contribution is 0.414. The molecule has 1 aliphatic carbocycles. The van der Waals surface area contributed by atoms with Gasteiger partial charge in [-0.3, -0.25) is 0 Å². The maximum atomic E-state index is 5.46. The second-order valence-corrected chi connectivity index (χ2v) is 8.44.